The first-order valence-electron chi connectivity index (χ1n) is 8.53. The van der Waals surface area contributed by atoms with Gasteiger partial charge in [-0.15, -0.1) is 0 Å². The minimum absolute atomic E-state index is 0.119. The Hall–Kier alpha value is -3.29. The maximum atomic E-state index is 13.1. The fourth-order valence-electron chi connectivity index (χ4n) is 3.22. The number of halogens is 1. The van der Waals surface area contributed by atoms with Crippen LogP contribution in [0.5, 0.6) is 0 Å². The average Bonchev–Trinajstić information content (AvgIpc) is 3.16. The lowest BCUT2D eigenvalue weighted by atomic mass is 10.0. The van der Waals surface area contributed by atoms with Crippen molar-refractivity contribution in [2.75, 3.05) is 13.1 Å². The van der Waals surface area contributed by atoms with Gasteiger partial charge >= 0.3 is 0 Å². The normalized spacial score (nSPS) is 16.2. The zero-order chi connectivity index (χ0) is 19.4. The SMILES string of the molecule is O=C(NCC(=O)N1CCCC1c1ccc(F)cc1)c1cccc([N+](=O)[O-])c1. The van der Waals surface area contributed by atoms with E-state index in [0.717, 1.165) is 24.5 Å². The molecule has 3 rings (SSSR count). The monoisotopic (exact) mass is 371 g/mol. The van der Waals surface area contributed by atoms with Crippen molar-refractivity contribution in [1.82, 2.24) is 10.2 Å². The molecule has 27 heavy (non-hydrogen) atoms. The number of nitrogens with one attached hydrogen (secondary N) is 1. The molecule has 2 aromatic carbocycles. The number of benzene rings is 2. The Bertz CT molecular complexity index is 870. The molecule has 7 nitrogen and oxygen atoms in total. The van der Waals surface area contributed by atoms with Gasteiger partial charge in [-0.05, 0) is 36.6 Å². The molecule has 0 saturated carbocycles. The molecule has 2 amide bonds. The summed E-state index contributed by atoms with van der Waals surface area (Å²) in [5, 5.41) is 13.3. The Kier molecular flexibility index (Phi) is 5.44. The Morgan fingerprint density at radius 2 is 1.96 bits per heavy atom. The summed E-state index contributed by atoms with van der Waals surface area (Å²) in [4.78, 5) is 36.6. The number of carbonyl (C=O) groups is 2. The summed E-state index contributed by atoms with van der Waals surface area (Å²) in [6.45, 7) is 0.354. The van der Waals surface area contributed by atoms with Crippen LogP contribution in [0.4, 0.5) is 10.1 Å². The van der Waals surface area contributed by atoms with Crippen LogP contribution in [0.15, 0.2) is 48.5 Å². The van der Waals surface area contributed by atoms with Crippen molar-refractivity contribution < 1.29 is 18.9 Å². The number of amides is 2. The Balaban J connectivity index is 1.63. The second kappa shape index (κ2) is 7.94. The third-order valence-electron chi connectivity index (χ3n) is 4.55. The van der Waals surface area contributed by atoms with Gasteiger partial charge in [-0.3, -0.25) is 19.7 Å². The largest absolute Gasteiger partial charge is 0.343 e. The molecular formula is C19H18FN3O4. The third kappa shape index (κ3) is 4.28. The maximum Gasteiger partial charge on any atom is 0.270 e. The van der Waals surface area contributed by atoms with E-state index < -0.39 is 10.8 Å². The molecule has 1 unspecified atom stereocenters. The van der Waals surface area contributed by atoms with Crippen molar-refractivity contribution in [3.05, 3.63) is 75.6 Å². The number of nitrogens with zero attached hydrogens (tertiary/aromatic N) is 2. The van der Waals surface area contributed by atoms with E-state index in [1.165, 1.54) is 30.3 Å². The number of nitro benzene ring substituents is 1. The molecule has 2 aromatic rings. The van der Waals surface area contributed by atoms with Crippen LogP contribution in [0.25, 0.3) is 0 Å². The van der Waals surface area contributed by atoms with E-state index >= 15 is 0 Å². The average molecular weight is 371 g/mol. The number of hydrogen-bond acceptors (Lipinski definition) is 4. The zero-order valence-corrected chi connectivity index (χ0v) is 14.4. The molecular weight excluding hydrogens is 353 g/mol. The highest BCUT2D eigenvalue weighted by Gasteiger charge is 2.30. The zero-order valence-electron chi connectivity index (χ0n) is 14.4. The van der Waals surface area contributed by atoms with Gasteiger partial charge in [0.2, 0.25) is 5.91 Å². The standard InChI is InChI=1S/C19H18FN3O4/c20-15-8-6-13(7-9-15)17-5-2-10-22(17)18(24)12-21-19(25)14-3-1-4-16(11-14)23(26)27/h1,3-4,6-9,11,17H,2,5,10,12H2,(H,21,25). The van der Waals surface area contributed by atoms with Gasteiger partial charge in [0.25, 0.3) is 11.6 Å². The van der Waals surface area contributed by atoms with Gasteiger partial charge in [-0.25, -0.2) is 4.39 Å². The maximum absolute atomic E-state index is 13.1. The summed E-state index contributed by atoms with van der Waals surface area (Å²) in [5.41, 5.74) is 0.783. The number of likely N-dealkylation sites (tertiary alicyclic amines) is 1. The van der Waals surface area contributed by atoms with E-state index in [0.29, 0.717) is 6.54 Å². The first kappa shape index (κ1) is 18.5. The lowest BCUT2D eigenvalue weighted by Crippen LogP contribution is -2.39. The lowest BCUT2D eigenvalue weighted by Gasteiger charge is -2.25. The van der Waals surface area contributed by atoms with E-state index in [1.54, 1.807) is 17.0 Å². The molecule has 0 aliphatic carbocycles. The molecule has 0 bridgehead atoms. The number of non-ortho nitro benzene ring substituents is 1. The van der Waals surface area contributed by atoms with E-state index in [1.807, 2.05) is 0 Å². The molecule has 1 aliphatic heterocycles. The minimum atomic E-state index is -0.584. The van der Waals surface area contributed by atoms with Crippen LogP contribution in [0.1, 0.15) is 34.8 Å². The second-order valence-electron chi connectivity index (χ2n) is 6.29. The lowest BCUT2D eigenvalue weighted by molar-refractivity contribution is -0.384. The van der Waals surface area contributed by atoms with Crippen LogP contribution in [-0.2, 0) is 4.79 Å². The number of carbonyl (C=O) groups excluding carboxylic acids is 2. The minimum Gasteiger partial charge on any atom is -0.343 e. The molecule has 8 heteroatoms. The van der Waals surface area contributed by atoms with Gasteiger partial charge in [-0.1, -0.05) is 18.2 Å². The molecule has 1 saturated heterocycles. The molecule has 140 valence electrons. The Morgan fingerprint density at radius 1 is 1.22 bits per heavy atom. The molecule has 1 atom stereocenters. The second-order valence-corrected chi connectivity index (χ2v) is 6.29. The predicted molar refractivity (Wildman–Crippen MR) is 95.5 cm³/mol. The van der Waals surface area contributed by atoms with Crippen LogP contribution in [-0.4, -0.2) is 34.7 Å². The van der Waals surface area contributed by atoms with E-state index in [9.17, 15) is 24.1 Å². The number of nitro groups is 1. The molecule has 1 fully saturated rings. The fourth-order valence-corrected chi connectivity index (χ4v) is 3.22. The van der Waals surface area contributed by atoms with Crippen molar-refractivity contribution in [3.63, 3.8) is 0 Å². The van der Waals surface area contributed by atoms with Crippen LogP contribution >= 0.6 is 0 Å². The van der Waals surface area contributed by atoms with Gasteiger partial charge in [0.05, 0.1) is 17.5 Å². The molecule has 0 aromatic heterocycles. The Morgan fingerprint density at radius 3 is 2.67 bits per heavy atom. The molecule has 1 aliphatic rings. The summed E-state index contributed by atoms with van der Waals surface area (Å²) in [5.74, 6) is -1.14. The topological polar surface area (TPSA) is 92.6 Å². The first-order chi connectivity index (χ1) is 13.0. The third-order valence-corrected chi connectivity index (χ3v) is 4.55. The van der Waals surface area contributed by atoms with Gasteiger partial charge in [0.1, 0.15) is 5.82 Å². The van der Waals surface area contributed by atoms with Gasteiger partial charge in [0, 0.05) is 24.2 Å². The van der Waals surface area contributed by atoms with E-state index in [4.69, 9.17) is 0 Å². The van der Waals surface area contributed by atoms with Crippen molar-refractivity contribution >= 4 is 17.5 Å². The first-order valence-corrected chi connectivity index (χ1v) is 8.53. The fraction of sp³-hybridized carbons (Fsp3) is 0.263. The van der Waals surface area contributed by atoms with Gasteiger partial charge in [0.15, 0.2) is 0 Å². The van der Waals surface area contributed by atoms with Gasteiger partial charge in [-0.2, -0.15) is 0 Å². The smallest absolute Gasteiger partial charge is 0.270 e. The number of rotatable bonds is 5. The molecule has 1 heterocycles. The van der Waals surface area contributed by atoms with Crippen molar-refractivity contribution in [2.24, 2.45) is 0 Å². The highest BCUT2D eigenvalue weighted by atomic mass is 19.1. The summed E-state index contributed by atoms with van der Waals surface area (Å²) >= 11 is 0. The summed E-state index contributed by atoms with van der Waals surface area (Å²) in [6, 6.07) is 11.2. The van der Waals surface area contributed by atoms with Crippen LogP contribution < -0.4 is 5.32 Å². The van der Waals surface area contributed by atoms with Gasteiger partial charge < -0.3 is 10.2 Å². The van der Waals surface area contributed by atoms with Crippen molar-refractivity contribution in [3.8, 4) is 0 Å². The van der Waals surface area contributed by atoms with Crippen LogP contribution in [0.3, 0.4) is 0 Å². The van der Waals surface area contributed by atoms with E-state index in [2.05, 4.69) is 5.32 Å². The summed E-state index contributed by atoms with van der Waals surface area (Å²) in [6.07, 6.45) is 1.60. The molecule has 0 spiro atoms. The molecule has 0 radical (unpaired) electrons. The number of hydrogen-bond donors (Lipinski definition) is 1. The van der Waals surface area contributed by atoms with Crippen molar-refractivity contribution in [2.45, 2.75) is 18.9 Å². The van der Waals surface area contributed by atoms with Crippen LogP contribution in [0, 0.1) is 15.9 Å². The quantitative estimate of drug-likeness (QED) is 0.646. The highest BCUT2D eigenvalue weighted by molar-refractivity contribution is 5.97. The Labute approximate surface area is 154 Å². The summed E-state index contributed by atoms with van der Waals surface area (Å²) < 4.78 is 13.1. The predicted octanol–water partition coefficient (Wildman–Crippen LogP) is 2.83. The highest BCUT2D eigenvalue weighted by Crippen LogP contribution is 2.31. The summed E-state index contributed by atoms with van der Waals surface area (Å²) in [7, 11) is 0. The molecule has 1 N–H and O–H groups in total. The van der Waals surface area contributed by atoms with Crippen molar-refractivity contribution in [1.29, 1.82) is 0 Å². The van der Waals surface area contributed by atoms with E-state index in [-0.39, 0.29) is 35.6 Å². The van der Waals surface area contributed by atoms with Crippen LogP contribution in [0.2, 0.25) is 0 Å².